The molecule has 3 aromatic rings. The number of halogens is 1. The molecular weight excluding hydrogens is 450 g/mol. The zero-order valence-corrected chi connectivity index (χ0v) is 21.3. The average molecular weight is 482 g/mol. The fourth-order valence-corrected chi connectivity index (χ4v) is 3.53. The van der Waals surface area contributed by atoms with E-state index in [9.17, 15) is 9.59 Å². The third-order valence-electron chi connectivity index (χ3n) is 5.06. The molecule has 0 bridgehead atoms. The fourth-order valence-electron chi connectivity index (χ4n) is 3.40. The van der Waals surface area contributed by atoms with E-state index in [-0.39, 0.29) is 24.5 Å². The Balaban J connectivity index is 1.90. The van der Waals surface area contributed by atoms with Crippen molar-refractivity contribution in [2.75, 3.05) is 11.9 Å². The first-order valence-corrected chi connectivity index (χ1v) is 11.6. The van der Waals surface area contributed by atoms with Crippen molar-refractivity contribution in [3.63, 3.8) is 0 Å². The number of hydrogen-bond acceptors (Lipinski definition) is 3. The number of aryl methyl sites for hydroxylation is 1. The second-order valence-electron chi connectivity index (χ2n) is 9.62. The van der Waals surface area contributed by atoms with E-state index in [4.69, 9.17) is 11.6 Å². The summed E-state index contributed by atoms with van der Waals surface area (Å²) in [4.78, 5) is 32.0. The van der Waals surface area contributed by atoms with Crippen molar-refractivity contribution in [2.45, 2.75) is 53.1 Å². The van der Waals surface area contributed by atoms with Gasteiger partial charge in [0.2, 0.25) is 11.9 Å². The molecule has 0 aliphatic carbocycles. The van der Waals surface area contributed by atoms with Crippen LogP contribution in [0.15, 0.2) is 54.7 Å². The summed E-state index contributed by atoms with van der Waals surface area (Å²) in [5.74, 6) is 0.0420. The lowest BCUT2D eigenvalue weighted by atomic mass is 10.1. The number of rotatable bonds is 6. The predicted octanol–water partition coefficient (Wildman–Crippen LogP) is 5.66. The number of imidazole rings is 1. The third-order valence-corrected chi connectivity index (χ3v) is 5.31. The van der Waals surface area contributed by atoms with Gasteiger partial charge in [0.15, 0.2) is 0 Å². The maximum Gasteiger partial charge on any atom is 0.318 e. The molecule has 0 atom stereocenters. The maximum atomic E-state index is 13.0. The first-order chi connectivity index (χ1) is 15.9. The van der Waals surface area contributed by atoms with Crippen LogP contribution in [0.25, 0.3) is 16.9 Å². The molecule has 0 radical (unpaired) electrons. The molecule has 1 heterocycles. The Bertz CT molecular complexity index is 1160. The highest BCUT2D eigenvalue weighted by molar-refractivity contribution is 6.30. The van der Waals surface area contributed by atoms with Crippen molar-refractivity contribution in [3.05, 3.63) is 65.3 Å². The largest absolute Gasteiger partial charge is 0.333 e. The van der Waals surface area contributed by atoms with Crippen LogP contribution in [-0.2, 0) is 4.79 Å². The van der Waals surface area contributed by atoms with Gasteiger partial charge in [-0.3, -0.25) is 14.7 Å². The Morgan fingerprint density at radius 3 is 2.38 bits per heavy atom. The second kappa shape index (κ2) is 10.3. The third kappa shape index (κ3) is 6.60. The predicted molar refractivity (Wildman–Crippen MR) is 138 cm³/mol. The highest BCUT2D eigenvalue weighted by Gasteiger charge is 2.25. The Hall–Kier alpha value is -3.32. The minimum absolute atomic E-state index is 0.101. The van der Waals surface area contributed by atoms with Gasteiger partial charge in [-0.05, 0) is 71.4 Å². The lowest BCUT2D eigenvalue weighted by Crippen LogP contribution is -2.52. The first kappa shape index (κ1) is 25.3. The number of amides is 3. The summed E-state index contributed by atoms with van der Waals surface area (Å²) in [5, 5.41) is 6.45. The minimum atomic E-state index is -0.407. The van der Waals surface area contributed by atoms with Gasteiger partial charge in [0.1, 0.15) is 6.54 Å². The van der Waals surface area contributed by atoms with Crippen molar-refractivity contribution < 1.29 is 9.59 Å². The number of aromatic nitrogens is 2. The number of hydrogen-bond donors (Lipinski definition) is 2. The normalized spacial score (nSPS) is 11.4. The number of anilines is 1. The summed E-state index contributed by atoms with van der Waals surface area (Å²) in [6, 6.07) is 14.8. The molecule has 0 spiro atoms. The summed E-state index contributed by atoms with van der Waals surface area (Å²) in [6.45, 7) is 11.4. The van der Waals surface area contributed by atoms with Crippen LogP contribution >= 0.6 is 11.6 Å². The Kier molecular flexibility index (Phi) is 7.67. The van der Waals surface area contributed by atoms with Gasteiger partial charge in [0.05, 0.1) is 5.69 Å². The van der Waals surface area contributed by atoms with Crippen LogP contribution in [-0.4, -0.2) is 44.5 Å². The molecule has 8 heteroatoms. The van der Waals surface area contributed by atoms with E-state index in [1.165, 1.54) is 4.90 Å². The molecule has 0 aliphatic rings. The van der Waals surface area contributed by atoms with Crippen molar-refractivity contribution in [2.24, 2.45) is 0 Å². The van der Waals surface area contributed by atoms with Gasteiger partial charge < -0.3 is 10.2 Å². The molecule has 0 saturated heterocycles. The lowest BCUT2D eigenvalue weighted by Gasteiger charge is -2.30. The van der Waals surface area contributed by atoms with E-state index in [0.717, 1.165) is 16.8 Å². The topological polar surface area (TPSA) is 79.3 Å². The number of carbonyl (C=O) groups is 2. The zero-order chi connectivity index (χ0) is 25.0. The number of nitrogens with zero attached hydrogens (tertiary/aromatic N) is 3. The van der Waals surface area contributed by atoms with Gasteiger partial charge in [0.25, 0.3) is 0 Å². The molecule has 0 saturated carbocycles. The smallest absolute Gasteiger partial charge is 0.318 e. The van der Waals surface area contributed by atoms with Gasteiger partial charge in [-0.15, -0.1) is 0 Å². The number of nitrogens with one attached hydrogen (secondary N) is 2. The molecule has 2 aromatic carbocycles. The molecule has 3 rings (SSSR count). The summed E-state index contributed by atoms with van der Waals surface area (Å²) in [5.41, 5.74) is 3.12. The van der Waals surface area contributed by atoms with Crippen LogP contribution in [0.1, 0.15) is 40.2 Å². The summed E-state index contributed by atoms with van der Waals surface area (Å²) < 4.78 is 1.84. The molecule has 34 heavy (non-hydrogen) atoms. The molecular formula is C26H32ClN5O2. The summed E-state index contributed by atoms with van der Waals surface area (Å²) in [6.07, 6.45) is 1.88. The Labute approximate surface area is 206 Å². The Morgan fingerprint density at radius 1 is 1.12 bits per heavy atom. The SMILES string of the molecule is Cc1cccc(-n2cc(-c3ccc(Cl)cc3)nc2NC(=O)CN(C(=O)NC(C)(C)C)C(C)C)c1. The van der Waals surface area contributed by atoms with E-state index in [2.05, 4.69) is 15.6 Å². The quantitative estimate of drug-likeness (QED) is 0.477. The minimum Gasteiger partial charge on any atom is -0.333 e. The molecule has 0 fully saturated rings. The number of urea groups is 1. The molecule has 0 unspecified atom stereocenters. The molecule has 3 amide bonds. The fraction of sp³-hybridized carbons (Fsp3) is 0.346. The molecule has 2 N–H and O–H groups in total. The van der Waals surface area contributed by atoms with E-state index in [1.807, 2.05) is 88.7 Å². The van der Waals surface area contributed by atoms with Crippen molar-refractivity contribution in [3.8, 4) is 16.9 Å². The van der Waals surface area contributed by atoms with Gasteiger partial charge in [-0.2, -0.15) is 0 Å². The van der Waals surface area contributed by atoms with Crippen LogP contribution in [0.2, 0.25) is 5.02 Å². The van der Waals surface area contributed by atoms with Crippen LogP contribution < -0.4 is 10.6 Å². The van der Waals surface area contributed by atoms with Gasteiger partial charge >= 0.3 is 6.03 Å². The summed E-state index contributed by atoms with van der Waals surface area (Å²) in [7, 11) is 0. The Morgan fingerprint density at radius 2 is 1.79 bits per heavy atom. The molecule has 7 nitrogen and oxygen atoms in total. The van der Waals surface area contributed by atoms with Crippen molar-refractivity contribution >= 4 is 29.5 Å². The van der Waals surface area contributed by atoms with Crippen LogP contribution in [0.4, 0.5) is 10.7 Å². The second-order valence-corrected chi connectivity index (χ2v) is 10.1. The highest BCUT2D eigenvalue weighted by Crippen LogP contribution is 2.26. The van der Waals surface area contributed by atoms with Crippen molar-refractivity contribution in [1.82, 2.24) is 19.8 Å². The number of carbonyl (C=O) groups excluding carboxylic acids is 2. The molecule has 1 aromatic heterocycles. The van der Waals surface area contributed by atoms with Crippen molar-refractivity contribution in [1.29, 1.82) is 0 Å². The van der Waals surface area contributed by atoms with Crippen LogP contribution in [0.5, 0.6) is 0 Å². The summed E-state index contributed by atoms with van der Waals surface area (Å²) >= 11 is 6.04. The van der Waals surface area contributed by atoms with E-state index in [0.29, 0.717) is 16.7 Å². The zero-order valence-electron chi connectivity index (χ0n) is 20.5. The van der Waals surface area contributed by atoms with Crippen LogP contribution in [0.3, 0.4) is 0 Å². The van der Waals surface area contributed by atoms with E-state index >= 15 is 0 Å². The maximum absolute atomic E-state index is 13.0. The molecule has 180 valence electrons. The van der Waals surface area contributed by atoms with Gasteiger partial charge in [-0.25, -0.2) is 9.78 Å². The highest BCUT2D eigenvalue weighted by atomic mass is 35.5. The van der Waals surface area contributed by atoms with E-state index in [1.54, 1.807) is 12.1 Å². The molecule has 0 aliphatic heterocycles. The first-order valence-electron chi connectivity index (χ1n) is 11.2. The van der Waals surface area contributed by atoms with E-state index < -0.39 is 5.54 Å². The lowest BCUT2D eigenvalue weighted by molar-refractivity contribution is -0.117. The van der Waals surface area contributed by atoms with Gasteiger partial charge in [0, 0.05) is 34.1 Å². The standard InChI is InChI=1S/C26H32ClN5O2/c1-17(2)31(25(34)30-26(4,5)6)16-23(33)29-24-28-22(19-10-12-20(27)13-11-19)15-32(24)21-9-7-8-18(3)14-21/h7-15,17H,16H2,1-6H3,(H,30,34)(H,28,29,33). The number of benzene rings is 2. The average Bonchev–Trinajstić information content (AvgIpc) is 3.14. The monoisotopic (exact) mass is 481 g/mol. The van der Waals surface area contributed by atoms with Gasteiger partial charge in [-0.1, -0.05) is 35.9 Å². The van der Waals surface area contributed by atoms with Crippen LogP contribution in [0, 0.1) is 6.92 Å².